The molecule has 1 heterocycles. The number of nitrogens with one attached hydrogen (secondary N) is 2. The number of rotatable bonds is 10. The average molecular weight is 502 g/mol. The lowest BCUT2D eigenvalue weighted by Crippen LogP contribution is -2.48. The van der Waals surface area contributed by atoms with Crippen molar-refractivity contribution in [3.05, 3.63) is 29.8 Å². The van der Waals surface area contributed by atoms with Crippen LogP contribution in [0.15, 0.2) is 29.3 Å². The number of hydrogen-bond acceptors (Lipinski definition) is 3. The zero-order chi connectivity index (χ0) is 19.3. The molecule has 1 aromatic rings. The predicted molar refractivity (Wildman–Crippen MR) is 130 cm³/mol. The Hall–Kier alpha value is -1.02. The van der Waals surface area contributed by atoms with Gasteiger partial charge < -0.3 is 20.3 Å². The van der Waals surface area contributed by atoms with E-state index >= 15 is 0 Å². The maximum absolute atomic E-state index is 5.78. The fraction of sp³-hybridized carbons (Fsp3) is 0.682. The van der Waals surface area contributed by atoms with Gasteiger partial charge in [0.25, 0.3) is 0 Å². The van der Waals surface area contributed by atoms with Crippen LogP contribution in [0.4, 0.5) is 0 Å². The number of nitrogens with zero attached hydrogens (tertiary/aromatic N) is 2. The number of halogens is 1. The summed E-state index contributed by atoms with van der Waals surface area (Å²) in [6, 6.07) is 8.78. The molecule has 1 fully saturated rings. The summed E-state index contributed by atoms with van der Waals surface area (Å²) in [7, 11) is 0. The first-order chi connectivity index (χ1) is 13.2. The molecule has 1 aliphatic rings. The Labute approximate surface area is 188 Å². The van der Waals surface area contributed by atoms with Gasteiger partial charge >= 0.3 is 0 Å². The quantitative estimate of drug-likeness (QED) is 0.218. The molecule has 0 unspecified atom stereocenters. The van der Waals surface area contributed by atoms with Crippen LogP contribution < -0.4 is 15.4 Å². The number of likely N-dealkylation sites (tertiary alicyclic amines) is 1. The number of unbranched alkanes of at least 4 members (excludes halogenated alkanes) is 1. The van der Waals surface area contributed by atoms with Gasteiger partial charge in [0.2, 0.25) is 0 Å². The highest BCUT2D eigenvalue weighted by molar-refractivity contribution is 14.0. The number of benzene rings is 1. The molecule has 0 bridgehead atoms. The summed E-state index contributed by atoms with van der Waals surface area (Å²) in [5.74, 6) is 1.92. The lowest BCUT2D eigenvalue weighted by atomic mass is 10.1. The van der Waals surface area contributed by atoms with Gasteiger partial charge in [-0.1, -0.05) is 24.6 Å². The highest BCUT2D eigenvalue weighted by Gasteiger charge is 2.19. The third-order valence-corrected chi connectivity index (χ3v) is 4.92. The van der Waals surface area contributed by atoms with E-state index in [9.17, 15) is 0 Å². The van der Waals surface area contributed by atoms with E-state index in [0.29, 0.717) is 6.04 Å². The lowest BCUT2D eigenvalue weighted by Gasteiger charge is -2.32. The van der Waals surface area contributed by atoms with Crippen LogP contribution >= 0.6 is 24.0 Å². The third-order valence-electron chi connectivity index (χ3n) is 4.92. The van der Waals surface area contributed by atoms with Crippen molar-refractivity contribution >= 4 is 29.9 Å². The molecule has 0 atom stereocenters. The van der Waals surface area contributed by atoms with Gasteiger partial charge in [-0.15, -0.1) is 24.0 Å². The molecule has 1 aliphatic heterocycles. The highest BCUT2D eigenvalue weighted by atomic mass is 127. The summed E-state index contributed by atoms with van der Waals surface area (Å²) >= 11 is 0. The summed E-state index contributed by atoms with van der Waals surface area (Å²) in [6.07, 6.45) is 5.71. The fourth-order valence-electron chi connectivity index (χ4n) is 3.36. The number of guanidine groups is 1. The SMILES string of the molecule is CCCN1CCC(NC(=NCCCCOc2ccc(C)cc2)NCC)CC1.I. The Morgan fingerprint density at radius 2 is 1.86 bits per heavy atom. The van der Waals surface area contributed by atoms with E-state index in [1.54, 1.807) is 0 Å². The van der Waals surface area contributed by atoms with Gasteiger partial charge in [-0.3, -0.25) is 4.99 Å². The van der Waals surface area contributed by atoms with Crippen LogP contribution in [0.25, 0.3) is 0 Å². The molecule has 0 saturated carbocycles. The minimum Gasteiger partial charge on any atom is -0.494 e. The van der Waals surface area contributed by atoms with Crippen molar-refractivity contribution in [2.45, 2.75) is 58.9 Å². The molecule has 0 radical (unpaired) electrons. The Morgan fingerprint density at radius 3 is 2.50 bits per heavy atom. The minimum absolute atomic E-state index is 0. The molecule has 2 rings (SSSR count). The summed E-state index contributed by atoms with van der Waals surface area (Å²) in [4.78, 5) is 7.31. The molecule has 1 aromatic carbocycles. The van der Waals surface area contributed by atoms with Crippen LogP contribution in [-0.2, 0) is 0 Å². The minimum atomic E-state index is 0. The van der Waals surface area contributed by atoms with Crippen molar-refractivity contribution in [1.82, 2.24) is 15.5 Å². The van der Waals surface area contributed by atoms with Crippen molar-refractivity contribution in [3.63, 3.8) is 0 Å². The lowest BCUT2D eigenvalue weighted by molar-refractivity contribution is 0.206. The monoisotopic (exact) mass is 502 g/mol. The van der Waals surface area contributed by atoms with Crippen molar-refractivity contribution in [1.29, 1.82) is 0 Å². The van der Waals surface area contributed by atoms with E-state index in [1.807, 2.05) is 12.1 Å². The van der Waals surface area contributed by atoms with Crippen molar-refractivity contribution in [2.24, 2.45) is 4.99 Å². The Bertz CT molecular complexity index is 542. The van der Waals surface area contributed by atoms with E-state index in [4.69, 9.17) is 9.73 Å². The molecule has 28 heavy (non-hydrogen) atoms. The molecule has 1 saturated heterocycles. The van der Waals surface area contributed by atoms with E-state index in [1.165, 1.54) is 44.5 Å². The van der Waals surface area contributed by atoms with Gasteiger partial charge in [0.05, 0.1) is 6.61 Å². The third kappa shape index (κ3) is 9.96. The van der Waals surface area contributed by atoms with Gasteiger partial charge in [-0.05, 0) is 64.6 Å². The first-order valence-corrected chi connectivity index (χ1v) is 10.7. The molecular weight excluding hydrogens is 463 g/mol. The topological polar surface area (TPSA) is 48.9 Å². The molecule has 0 aromatic heterocycles. The molecule has 5 nitrogen and oxygen atoms in total. The zero-order valence-corrected chi connectivity index (χ0v) is 20.2. The Balaban J connectivity index is 0.00000392. The van der Waals surface area contributed by atoms with Crippen LogP contribution in [0.1, 0.15) is 51.5 Å². The van der Waals surface area contributed by atoms with Gasteiger partial charge in [0, 0.05) is 32.2 Å². The number of aryl methyl sites for hydroxylation is 1. The molecule has 0 aliphatic carbocycles. The molecular formula is C22H39IN4O. The second-order valence-electron chi connectivity index (χ2n) is 7.39. The number of piperidine rings is 1. The molecule has 0 spiro atoms. The fourth-order valence-corrected chi connectivity index (χ4v) is 3.36. The average Bonchev–Trinajstić information content (AvgIpc) is 2.68. The predicted octanol–water partition coefficient (Wildman–Crippen LogP) is 4.20. The van der Waals surface area contributed by atoms with Crippen LogP contribution in [-0.4, -0.2) is 56.2 Å². The standard InChI is InChI=1S/C22H38N4O.HI/c1-4-15-26-16-12-20(13-17-26)25-22(23-5-2)24-14-6-7-18-27-21-10-8-19(3)9-11-21;/h8-11,20H,4-7,12-18H2,1-3H3,(H2,23,24,25);1H. The summed E-state index contributed by atoms with van der Waals surface area (Å²) < 4.78 is 5.78. The Kier molecular flexibility index (Phi) is 13.3. The second-order valence-corrected chi connectivity index (χ2v) is 7.39. The summed E-state index contributed by atoms with van der Waals surface area (Å²) in [6.45, 7) is 12.6. The van der Waals surface area contributed by atoms with Crippen LogP contribution in [0.3, 0.4) is 0 Å². The van der Waals surface area contributed by atoms with Crippen LogP contribution in [0, 0.1) is 6.92 Å². The zero-order valence-electron chi connectivity index (χ0n) is 17.9. The number of ether oxygens (including phenoxy) is 1. The second kappa shape index (κ2) is 14.9. The Morgan fingerprint density at radius 1 is 1.14 bits per heavy atom. The largest absolute Gasteiger partial charge is 0.494 e. The van der Waals surface area contributed by atoms with Gasteiger partial charge in [-0.2, -0.15) is 0 Å². The van der Waals surface area contributed by atoms with Gasteiger partial charge in [-0.25, -0.2) is 0 Å². The summed E-state index contributed by atoms with van der Waals surface area (Å²) in [5.41, 5.74) is 1.26. The number of hydrogen-bond donors (Lipinski definition) is 2. The maximum Gasteiger partial charge on any atom is 0.191 e. The van der Waals surface area contributed by atoms with Gasteiger partial charge in [0.15, 0.2) is 5.96 Å². The van der Waals surface area contributed by atoms with Crippen molar-refractivity contribution < 1.29 is 4.74 Å². The first kappa shape index (κ1) is 25.0. The van der Waals surface area contributed by atoms with Crippen molar-refractivity contribution in [2.75, 3.05) is 39.3 Å². The van der Waals surface area contributed by atoms with E-state index in [0.717, 1.165) is 44.2 Å². The van der Waals surface area contributed by atoms with Crippen LogP contribution in [0.2, 0.25) is 0 Å². The summed E-state index contributed by atoms with van der Waals surface area (Å²) in [5, 5.41) is 7.00. The first-order valence-electron chi connectivity index (χ1n) is 10.7. The van der Waals surface area contributed by atoms with Crippen LogP contribution in [0.5, 0.6) is 5.75 Å². The maximum atomic E-state index is 5.78. The van der Waals surface area contributed by atoms with E-state index in [-0.39, 0.29) is 24.0 Å². The molecule has 2 N–H and O–H groups in total. The van der Waals surface area contributed by atoms with E-state index in [2.05, 4.69) is 48.4 Å². The molecule has 160 valence electrons. The van der Waals surface area contributed by atoms with Crippen molar-refractivity contribution in [3.8, 4) is 5.75 Å². The highest BCUT2D eigenvalue weighted by Crippen LogP contribution is 2.12. The molecule has 0 amide bonds. The molecule has 6 heteroatoms. The normalized spacial score (nSPS) is 15.8. The van der Waals surface area contributed by atoms with E-state index < -0.39 is 0 Å². The smallest absolute Gasteiger partial charge is 0.191 e. The van der Waals surface area contributed by atoms with Gasteiger partial charge in [0.1, 0.15) is 5.75 Å². The number of aliphatic imine (C=N–C) groups is 1.